The van der Waals surface area contributed by atoms with E-state index in [1.807, 2.05) is 19.1 Å². The van der Waals surface area contributed by atoms with E-state index in [0.717, 1.165) is 13.2 Å². The Morgan fingerprint density at radius 2 is 1.82 bits per heavy atom. The first-order chi connectivity index (χ1) is 5.14. The molecule has 0 radical (unpaired) electrons. The summed E-state index contributed by atoms with van der Waals surface area (Å²) in [7, 11) is 0. The van der Waals surface area contributed by atoms with Crippen LogP contribution in [0.25, 0.3) is 0 Å². The SMILES string of the molecule is CC=CC1OCC(C)(C)CO1. The van der Waals surface area contributed by atoms with Crippen molar-refractivity contribution in [2.24, 2.45) is 5.41 Å². The third kappa shape index (κ3) is 2.64. The highest BCUT2D eigenvalue weighted by Gasteiger charge is 2.26. The lowest BCUT2D eigenvalue weighted by atomic mass is 9.96. The molecule has 1 aliphatic heterocycles. The van der Waals surface area contributed by atoms with Gasteiger partial charge in [0.2, 0.25) is 0 Å². The van der Waals surface area contributed by atoms with Gasteiger partial charge in [-0.05, 0) is 13.0 Å². The zero-order valence-corrected chi connectivity index (χ0v) is 7.46. The lowest BCUT2D eigenvalue weighted by Gasteiger charge is -2.33. The quantitative estimate of drug-likeness (QED) is 0.540. The molecule has 0 saturated carbocycles. The van der Waals surface area contributed by atoms with Gasteiger partial charge in [0.25, 0.3) is 0 Å². The maximum absolute atomic E-state index is 5.42. The minimum Gasteiger partial charge on any atom is -0.348 e. The summed E-state index contributed by atoms with van der Waals surface area (Å²) in [6.07, 6.45) is 3.76. The van der Waals surface area contributed by atoms with E-state index in [1.165, 1.54) is 0 Å². The molecule has 1 saturated heterocycles. The van der Waals surface area contributed by atoms with E-state index in [0.29, 0.717) is 0 Å². The van der Waals surface area contributed by atoms with Gasteiger partial charge < -0.3 is 9.47 Å². The Labute approximate surface area is 68.2 Å². The average Bonchev–Trinajstić information content (AvgIpc) is 1.94. The molecule has 2 heteroatoms. The predicted octanol–water partition coefficient (Wildman–Crippen LogP) is 1.96. The minimum atomic E-state index is -0.118. The van der Waals surface area contributed by atoms with Crippen molar-refractivity contribution in [1.82, 2.24) is 0 Å². The normalized spacial score (nSPS) is 26.1. The minimum absolute atomic E-state index is 0.118. The lowest BCUT2D eigenvalue weighted by molar-refractivity contribution is -0.197. The first-order valence-corrected chi connectivity index (χ1v) is 4.00. The van der Waals surface area contributed by atoms with Crippen molar-refractivity contribution in [3.05, 3.63) is 12.2 Å². The molecular weight excluding hydrogens is 140 g/mol. The van der Waals surface area contributed by atoms with E-state index >= 15 is 0 Å². The summed E-state index contributed by atoms with van der Waals surface area (Å²) in [6.45, 7) is 7.80. The molecule has 1 fully saturated rings. The van der Waals surface area contributed by atoms with E-state index in [9.17, 15) is 0 Å². The first-order valence-electron chi connectivity index (χ1n) is 4.00. The fraction of sp³-hybridized carbons (Fsp3) is 0.778. The van der Waals surface area contributed by atoms with Gasteiger partial charge in [-0.1, -0.05) is 19.9 Å². The van der Waals surface area contributed by atoms with Crippen LogP contribution < -0.4 is 0 Å². The molecule has 2 nitrogen and oxygen atoms in total. The van der Waals surface area contributed by atoms with Gasteiger partial charge in [-0.15, -0.1) is 0 Å². The topological polar surface area (TPSA) is 18.5 Å². The lowest BCUT2D eigenvalue weighted by Crippen LogP contribution is -2.36. The van der Waals surface area contributed by atoms with Gasteiger partial charge in [0.1, 0.15) is 0 Å². The molecule has 0 unspecified atom stereocenters. The molecule has 1 heterocycles. The van der Waals surface area contributed by atoms with Crippen LogP contribution in [0.1, 0.15) is 20.8 Å². The molecule has 64 valence electrons. The fourth-order valence-corrected chi connectivity index (χ4v) is 0.973. The molecule has 0 spiro atoms. The summed E-state index contributed by atoms with van der Waals surface area (Å²) >= 11 is 0. The number of hydrogen-bond donors (Lipinski definition) is 0. The summed E-state index contributed by atoms with van der Waals surface area (Å²) in [4.78, 5) is 0. The molecule has 0 atom stereocenters. The molecule has 0 N–H and O–H groups in total. The van der Waals surface area contributed by atoms with Crippen molar-refractivity contribution < 1.29 is 9.47 Å². The van der Waals surface area contributed by atoms with Crippen molar-refractivity contribution in [2.45, 2.75) is 27.1 Å². The van der Waals surface area contributed by atoms with Crippen LogP contribution in [0.3, 0.4) is 0 Å². The van der Waals surface area contributed by atoms with E-state index in [1.54, 1.807) is 0 Å². The van der Waals surface area contributed by atoms with Crippen LogP contribution in [0.15, 0.2) is 12.2 Å². The molecule has 0 amide bonds. The Bertz CT molecular complexity index is 140. The van der Waals surface area contributed by atoms with Crippen LogP contribution >= 0.6 is 0 Å². The molecule has 0 aromatic carbocycles. The number of hydrogen-bond acceptors (Lipinski definition) is 2. The van der Waals surface area contributed by atoms with Crippen LogP contribution in [0.4, 0.5) is 0 Å². The molecule has 1 aliphatic rings. The number of rotatable bonds is 1. The van der Waals surface area contributed by atoms with Crippen LogP contribution in [0.5, 0.6) is 0 Å². The second kappa shape index (κ2) is 3.37. The molecule has 0 bridgehead atoms. The smallest absolute Gasteiger partial charge is 0.176 e. The predicted molar refractivity (Wildman–Crippen MR) is 44.3 cm³/mol. The van der Waals surface area contributed by atoms with Gasteiger partial charge in [0.05, 0.1) is 13.2 Å². The average molecular weight is 156 g/mol. The van der Waals surface area contributed by atoms with Gasteiger partial charge in [-0.3, -0.25) is 0 Å². The van der Waals surface area contributed by atoms with Crippen LogP contribution in [0.2, 0.25) is 0 Å². The Hall–Kier alpha value is -0.340. The van der Waals surface area contributed by atoms with Crippen molar-refractivity contribution >= 4 is 0 Å². The monoisotopic (exact) mass is 156 g/mol. The second-order valence-electron chi connectivity index (χ2n) is 3.68. The third-order valence-electron chi connectivity index (χ3n) is 1.63. The maximum Gasteiger partial charge on any atom is 0.176 e. The van der Waals surface area contributed by atoms with Crippen molar-refractivity contribution in [3.63, 3.8) is 0 Å². The van der Waals surface area contributed by atoms with Crippen LogP contribution in [-0.4, -0.2) is 19.5 Å². The molecule has 0 aliphatic carbocycles. The Morgan fingerprint density at radius 1 is 1.27 bits per heavy atom. The van der Waals surface area contributed by atoms with Crippen molar-refractivity contribution in [2.75, 3.05) is 13.2 Å². The number of ether oxygens (including phenoxy) is 2. The Balaban J connectivity index is 2.36. The van der Waals surface area contributed by atoms with Crippen molar-refractivity contribution in [3.8, 4) is 0 Å². The molecular formula is C9H16O2. The summed E-state index contributed by atoms with van der Waals surface area (Å²) in [5.41, 5.74) is 0.179. The zero-order valence-electron chi connectivity index (χ0n) is 7.46. The second-order valence-corrected chi connectivity index (χ2v) is 3.68. The van der Waals surface area contributed by atoms with Gasteiger partial charge in [-0.25, -0.2) is 0 Å². The maximum atomic E-state index is 5.42. The van der Waals surface area contributed by atoms with E-state index in [-0.39, 0.29) is 11.7 Å². The standard InChI is InChI=1S/C9H16O2/c1-4-5-8-10-6-9(2,3)7-11-8/h4-5,8H,6-7H2,1-3H3. The highest BCUT2D eigenvalue weighted by Crippen LogP contribution is 2.22. The van der Waals surface area contributed by atoms with Crippen LogP contribution in [0, 0.1) is 5.41 Å². The molecule has 1 rings (SSSR count). The van der Waals surface area contributed by atoms with Crippen LogP contribution in [-0.2, 0) is 9.47 Å². The largest absolute Gasteiger partial charge is 0.348 e. The van der Waals surface area contributed by atoms with Crippen molar-refractivity contribution in [1.29, 1.82) is 0 Å². The van der Waals surface area contributed by atoms with E-state index < -0.39 is 0 Å². The highest BCUT2D eigenvalue weighted by molar-refractivity contribution is 4.84. The Kier molecular flexibility index (Phi) is 2.68. The Morgan fingerprint density at radius 3 is 2.27 bits per heavy atom. The van der Waals surface area contributed by atoms with Gasteiger partial charge in [0, 0.05) is 5.41 Å². The summed E-state index contributed by atoms with van der Waals surface area (Å²) in [5, 5.41) is 0. The van der Waals surface area contributed by atoms with Gasteiger partial charge in [-0.2, -0.15) is 0 Å². The van der Waals surface area contributed by atoms with E-state index in [4.69, 9.17) is 9.47 Å². The summed E-state index contributed by atoms with van der Waals surface area (Å²) in [5.74, 6) is 0. The third-order valence-corrected chi connectivity index (χ3v) is 1.63. The van der Waals surface area contributed by atoms with E-state index in [2.05, 4.69) is 13.8 Å². The number of allylic oxidation sites excluding steroid dienone is 1. The summed E-state index contributed by atoms with van der Waals surface area (Å²) < 4.78 is 10.8. The molecule has 0 aromatic heterocycles. The van der Waals surface area contributed by atoms with Gasteiger partial charge >= 0.3 is 0 Å². The molecule has 11 heavy (non-hydrogen) atoms. The fourth-order valence-electron chi connectivity index (χ4n) is 0.973. The zero-order chi connectivity index (χ0) is 8.32. The summed E-state index contributed by atoms with van der Waals surface area (Å²) in [6, 6.07) is 0. The first kappa shape index (κ1) is 8.75. The molecule has 0 aromatic rings. The highest BCUT2D eigenvalue weighted by atomic mass is 16.7. The van der Waals surface area contributed by atoms with Gasteiger partial charge in [0.15, 0.2) is 6.29 Å².